The van der Waals surface area contributed by atoms with E-state index in [1.165, 1.54) is 4.68 Å². The van der Waals surface area contributed by atoms with Crippen molar-refractivity contribution in [2.75, 3.05) is 6.54 Å². The summed E-state index contributed by atoms with van der Waals surface area (Å²) in [4.78, 5) is 11.6. The lowest BCUT2D eigenvalue weighted by molar-refractivity contribution is -0.00274. The maximum absolute atomic E-state index is 12.0. The summed E-state index contributed by atoms with van der Waals surface area (Å²) in [6.07, 6.45) is -4.04. The van der Waals surface area contributed by atoms with E-state index in [9.17, 15) is 13.6 Å². The van der Waals surface area contributed by atoms with Crippen LogP contribution in [0, 0.1) is 0 Å². The van der Waals surface area contributed by atoms with Crippen molar-refractivity contribution in [3.8, 4) is 0 Å². The van der Waals surface area contributed by atoms with Crippen LogP contribution in [0.1, 0.15) is 23.1 Å². The SMILES string of the molecule is CCc1cc(C(=O)NCC(O)C(F)F)n(C)n1. The minimum atomic E-state index is -2.87. The summed E-state index contributed by atoms with van der Waals surface area (Å²) in [6, 6.07) is 1.59. The van der Waals surface area contributed by atoms with Crippen molar-refractivity contribution in [3.05, 3.63) is 17.5 Å². The van der Waals surface area contributed by atoms with Crippen molar-refractivity contribution in [1.82, 2.24) is 15.1 Å². The molecule has 1 rings (SSSR count). The first kappa shape index (κ1) is 13.6. The molecule has 7 heteroatoms. The molecular formula is C10H15F2N3O2. The van der Waals surface area contributed by atoms with Gasteiger partial charge >= 0.3 is 0 Å². The van der Waals surface area contributed by atoms with Gasteiger partial charge in [0.15, 0.2) is 0 Å². The number of alkyl halides is 2. The first-order valence-corrected chi connectivity index (χ1v) is 5.23. The Labute approximate surface area is 97.4 Å². The zero-order valence-corrected chi connectivity index (χ0v) is 9.65. The molecule has 0 saturated carbocycles. The van der Waals surface area contributed by atoms with Gasteiger partial charge in [-0.25, -0.2) is 8.78 Å². The second-order valence-electron chi connectivity index (χ2n) is 3.61. The van der Waals surface area contributed by atoms with Crippen LogP contribution in [-0.4, -0.2) is 39.9 Å². The van der Waals surface area contributed by atoms with Crippen LogP contribution >= 0.6 is 0 Å². The van der Waals surface area contributed by atoms with E-state index in [0.29, 0.717) is 6.42 Å². The van der Waals surface area contributed by atoms with Crippen LogP contribution in [-0.2, 0) is 13.5 Å². The number of carbonyl (C=O) groups excluding carboxylic acids is 1. The van der Waals surface area contributed by atoms with Gasteiger partial charge in [-0.3, -0.25) is 9.48 Å². The van der Waals surface area contributed by atoms with Gasteiger partial charge in [-0.05, 0) is 12.5 Å². The van der Waals surface area contributed by atoms with Gasteiger partial charge in [0.1, 0.15) is 11.8 Å². The van der Waals surface area contributed by atoms with Crippen molar-refractivity contribution in [1.29, 1.82) is 0 Å². The molecule has 0 aliphatic rings. The molecule has 1 aromatic rings. The molecule has 17 heavy (non-hydrogen) atoms. The Morgan fingerprint density at radius 1 is 1.65 bits per heavy atom. The zero-order chi connectivity index (χ0) is 13.0. The summed E-state index contributed by atoms with van der Waals surface area (Å²) < 4.78 is 25.4. The van der Waals surface area contributed by atoms with E-state index >= 15 is 0 Å². The van der Waals surface area contributed by atoms with E-state index in [1.807, 2.05) is 6.92 Å². The third-order valence-electron chi connectivity index (χ3n) is 2.29. The van der Waals surface area contributed by atoms with Crippen LogP contribution in [0.4, 0.5) is 8.78 Å². The number of aliphatic hydroxyl groups excluding tert-OH is 1. The highest BCUT2D eigenvalue weighted by Crippen LogP contribution is 2.04. The maximum Gasteiger partial charge on any atom is 0.269 e. The summed E-state index contributed by atoms with van der Waals surface area (Å²) >= 11 is 0. The van der Waals surface area contributed by atoms with Gasteiger partial charge in [-0.15, -0.1) is 0 Å². The predicted molar refractivity (Wildman–Crippen MR) is 56.9 cm³/mol. The highest BCUT2D eigenvalue weighted by molar-refractivity contribution is 5.92. The fraction of sp³-hybridized carbons (Fsp3) is 0.600. The normalized spacial score (nSPS) is 12.8. The Balaban J connectivity index is 2.60. The monoisotopic (exact) mass is 247 g/mol. The Morgan fingerprint density at radius 2 is 2.29 bits per heavy atom. The molecule has 0 aromatic carbocycles. The van der Waals surface area contributed by atoms with E-state index in [0.717, 1.165) is 5.69 Å². The molecule has 0 aliphatic heterocycles. The summed E-state index contributed by atoms with van der Waals surface area (Å²) in [5.41, 5.74) is 1.02. The average Bonchev–Trinajstić information content (AvgIpc) is 2.66. The van der Waals surface area contributed by atoms with Crippen molar-refractivity contribution in [3.63, 3.8) is 0 Å². The molecule has 1 atom stereocenters. The topological polar surface area (TPSA) is 67.2 Å². The number of aromatic nitrogens is 2. The van der Waals surface area contributed by atoms with E-state index in [1.54, 1.807) is 13.1 Å². The molecule has 0 spiro atoms. The molecule has 1 heterocycles. The lowest BCUT2D eigenvalue weighted by Crippen LogP contribution is -2.36. The highest BCUT2D eigenvalue weighted by Gasteiger charge is 2.19. The third kappa shape index (κ3) is 3.48. The Kier molecular flexibility index (Phi) is 4.56. The van der Waals surface area contributed by atoms with Gasteiger partial charge < -0.3 is 10.4 Å². The number of halogens is 2. The van der Waals surface area contributed by atoms with Crippen molar-refractivity contribution >= 4 is 5.91 Å². The summed E-state index contributed by atoms with van der Waals surface area (Å²) in [7, 11) is 1.59. The molecule has 1 aromatic heterocycles. The molecule has 0 saturated heterocycles. The summed E-state index contributed by atoms with van der Waals surface area (Å²) in [5.74, 6) is -0.528. The fourth-order valence-electron chi connectivity index (χ4n) is 1.29. The number of aryl methyl sites for hydroxylation is 2. The predicted octanol–water partition coefficient (Wildman–Crippen LogP) is 0.338. The number of amides is 1. The van der Waals surface area contributed by atoms with Crippen molar-refractivity contribution in [2.45, 2.75) is 25.9 Å². The zero-order valence-electron chi connectivity index (χ0n) is 9.65. The molecule has 0 fully saturated rings. The lowest BCUT2D eigenvalue weighted by atomic mass is 10.3. The number of nitrogens with one attached hydrogen (secondary N) is 1. The molecule has 2 N–H and O–H groups in total. The van der Waals surface area contributed by atoms with E-state index in [2.05, 4.69) is 10.4 Å². The molecular weight excluding hydrogens is 232 g/mol. The first-order valence-electron chi connectivity index (χ1n) is 5.23. The number of rotatable bonds is 5. The van der Waals surface area contributed by atoms with Crippen molar-refractivity contribution < 1.29 is 18.7 Å². The Bertz CT molecular complexity index is 393. The second-order valence-corrected chi connectivity index (χ2v) is 3.61. The molecule has 1 unspecified atom stereocenters. The van der Waals surface area contributed by atoms with E-state index in [4.69, 9.17) is 5.11 Å². The number of hydrogen-bond acceptors (Lipinski definition) is 3. The van der Waals surface area contributed by atoms with Gasteiger partial charge in [-0.2, -0.15) is 5.10 Å². The molecule has 1 amide bonds. The number of carbonyl (C=O) groups is 1. The smallest absolute Gasteiger partial charge is 0.269 e. The van der Waals surface area contributed by atoms with Crippen LogP contribution < -0.4 is 5.32 Å². The fourth-order valence-corrected chi connectivity index (χ4v) is 1.29. The van der Waals surface area contributed by atoms with Crippen LogP contribution in [0.3, 0.4) is 0 Å². The van der Waals surface area contributed by atoms with Gasteiger partial charge in [-0.1, -0.05) is 6.92 Å². The van der Waals surface area contributed by atoms with Crippen LogP contribution in [0.25, 0.3) is 0 Å². The molecule has 96 valence electrons. The van der Waals surface area contributed by atoms with Crippen LogP contribution in [0.15, 0.2) is 6.07 Å². The van der Waals surface area contributed by atoms with Gasteiger partial charge in [0.2, 0.25) is 0 Å². The summed E-state index contributed by atoms with van der Waals surface area (Å²) in [5, 5.41) is 15.1. The number of hydrogen-bond donors (Lipinski definition) is 2. The maximum atomic E-state index is 12.0. The van der Waals surface area contributed by atoms with Crippen LogP contribution in [0.2, 0.25) is 0 Å². The number of nitrogens with zero attached hydrogens (tertiary/aromatic N) is 2. The van der Waals surface area contributed by atoms with Crippen LogP contribution in [0.5, 0.6) is 0 Å². The Morgan fingerprint density at radius 3 is 2.76 bits per heavy atom. The van der Waals surface area contributed by atoms with E-state index in [-0.39, 0.29) is 5.69 Å². The van der Waals surface area contributed by atoms with E-state index < -0.39 is 25.0 Å². The molecule has 5 nitrogen and oxygen atoms in total. The summed E-state index contributed by atoms with van der Waals surface area (Å²) in [6.45, 7) is 1.41. The standard InChI is InChI=1S/C10H15F2N3O2/c1-3-6-4-7(15(2)14-6)10(17)13-5-8(16)9(11)12/h4,8-9,16H,3,5H2,1-2H3,(H,13,17). The largest absolute Gasteiger partial charge is 0.385 e. The molecule has 0 aliphatic carbocycles. The highest BCUT2D eigenvalue weighted by atomic mass is 19.3. The quantitative estimate of drug-likeness (QED) is 0.788. The van der Waals surface area contributed by atoms with Gasteiger partial charge in [0.25, 0.3) is 12.3 Å². The Hall–Kier alpha value is -1.50. The first-order chi connectivity index (χ1) is 7.95. The molecule has 0 radical (unpaired) electrons. The second kappa shape index (κ2) is 5.72. The minimum Gasteiger partial charge on any atom is -0.385 e. The average molecular weight is 247 g/mol. The molecule has 0 bridgehead atoms. The minimum absolute atomic E-state index is 0.281. The van der Waals surface area contributed by atoms with Gasteiger partial charge in [0, 0.05) is 13.6 Å². The lowest BCUT2D eigenvalue weighted by Gasteiger charge is -2.10. The van der Waals surface area contributed by atoms with Crippen molar-refractivity contribution in [2.24, 2.45) is 7.05 Å². The third-order valence-corrected chi connectivity index (χ3v) is 2.29. The van der Waals surface area contributed by atoms with Gasteiger partial charge in [0.05, 0.1) is 5.69 Å². The number of aliphatic hydroxyl groups is 1.